The fraction of sp³-hybridized carbons (Fsp3) is 0.450. The molecule has 0 fully saturated rings. The van der Waals surface area contributed by atoms with Crippen molar-refractivity contribution in [1.29, 1.82) is 0 Å². The lowest BCUT2D eigenvalue weighted by Gasteiger charge is -2.21. The second-order valence-electron chi connectivity index (χ2n) is 6.44. The molecule has 0 aliphatic carbocycles. The lowest BCUT2D eigenvalue weighted by Crippen LogP contribution is -2.39. The summed E-state index contributed by atoms with van der Waals surface area (Å²) in [6.45, 7) is 5.11. The summed E-state index contributed by atoms with van der Waals surface area (Å²) in [5.74, 6) is -0.264. The van der Waals surface area contributed by atoms with Crippen molar-refractivity contribution in [2.24, 2.45) is 0 Å². The number of anilines is 2. The van der Waals surface area contributed by atoms with Gasteiger partial charge >= 0.3 is 0 Å². The minimum Gasteiger partial charge on any atom is -0.383 e. The van der Waals surface area contributed by atoms with Gasteiger partial charge in [-0.25, -0.2) is 4.98 Å². The van der Waals surface area contributed by atoms with Crippen LogP contribution in [0.25, 0.3) is 0 Å². The second-order valence-corrected chi connectivity index (χ2v) is 7.30. The summed E-state index contributed by atoms with van der Waals surface area (Å²) < 4.78 is 5.11. The van der Waals surface area contributed by atoms with Crippen LogP contribution in [-0.4, -0.2) is 54.5 Å². The van der Waals surface area contributed by atoms with E-state index in [4.69, 9.17) is 4.74 Å². The molecule has 2 amide bonds. The van der Waals surface area contributed by atoms with Crippen molar-refractivity contribution in [3.05, 3.63) is 41.4 Å². The van der Waals surface area contributed by atoms with Gasteiger partial charge in [-0.05, 0) is 25.5 Å². The molecule has 0 saturated heterocycles. The molecule has 152 valence electrons. The molecular formula is C20H28N4O3S. The lowest BCUT2D eigenvalue weighted by atomic mass is 10.2. The van der Waals surface area contributed by atoms with Crippen LogP contribution in [-0.2, 0) is 9.53 Å². The Bertz CT molecular complexity index is 751. The van der Waals surface area contributed by atoms with Crippen molar-refractivity contribution in [2.45, 2.75) is 32.7 Å². The molecule has 0 saturated carbocycles. The van der Waals surface area contributed by atoms with Gasteiger partial charge in [0.15, 0.2) is 5.13 Å². The summed E-state index contributed by atoms with van der Waals surface area (Å²) in [7, 11) is 1.59. The average Bonchev–Trinajstić information content (AvgIpc) is 3.16. The van der Waals surface area contributed by atoms with Crippen LogP contribution in [0, 0.1) is 0 Å². The largest absolute Gasteiger partial charge is 0.383 e. The molecule has 0 aliphatic heterocycles. The van der Waals surface area contributed by atoms with Crippen LogP contribution in [0.1, 0.15) is 37.2 Å². The number of hydrogen-bond donors (Lipinski definition) is 2. The third-order valence-corrected chi connectivity index (χ3v) is 4.99. The van der Waals surface area contributed by atoms with Crippen molar-refractivity contribution in [1.82, 2.24) is 15.2 Å². The van der Waals surface area contributed by atoms with E-state index in [-0.39, 0.29) is 24.3 Å². The van der Waals surface area contributed by atoms with E-state index in [1.54, 1.807) is 17.4 Å². The van der Waals surface area contributed by atoms with Crippen LogP contribution in [0.4, 0.5) is 10.8 Å². The Kier molecular flexibility index (Phi) is 8.90. The van der Waals surface area contributed by atoms with Crippen molar-refractivity contribution in [3.8, 4) is 0 Å². The van der Waals surface area contributed by atoms with Crippen molar-refractivity contribution < 1.29 is 14.3 Å². The Labute approximate surface area is 170 Å². The predicted octanol–water partition coefficient (Wildman–Crippen LogP) is 3.28. The summed E-state index contributed by atoms with van der Waals surface area (Å²) in [4.78, 5) is 30.9. The van der Waals surface area contributed by atoms with Gasteiger partial charge in [0.2, 0.25) is 5.91 Å². The molecule has 1 aromatic carbocycles. The molecule has 28 heavy (non-hydrogen) atoms. The number of ether oxygens (including phenoxy) is 1. The molecule has 2 N–H and O–H groups in total. The third kappa shape index (κ3) is 6.94. The van der Waals surface area contributed by atoms with E-state index in [1.165, 1.54) is 11.3 Å². The molecule has 7 nitrogen and oxygen atoms in total. The first-order valence-corrected chi connectivity index (χ1v) is 10.3. The number of nitrogens with one attached hydrogen (secondary N) is 2. The summed E-state index contributed by atoms with van der Waals surface area (Å²) in [6, 6.07) is 9.79. The molecule has 1 unspecified atom stereocenters. The van der Waals surface area contributed by atoms with Crippen LogP contribution >= 0.6 is 11.3 Å². The topological polar surface area (TPSA) is 83.6 Å². The summed E-state index contributed by atoms with van der Waals surface area (Å²) in [5, 5.41) is 8.48. The summed E-state index contributed by atoms with van der Waals surface area (Å²) in [6.07, 6.45) is 1.12. The fourth-order valence-corrected chi connectivity index (χ4v) is 3.14. The van der Waals surface area contributed by atoms with Crippen LogP contribution in [0.5, 0.6) is 0 Å². The molecule has 0 radical (unpaired) electrons. The van der Waals surface area contributed by atoms with Gasteiger partial charge in [0.1, 0.15) is 5.69 Å². The number of thiazole rings is 1. The minimum absolute atomic E-state index is 0.0609. The predicted molar refractivity (Wildman–Crippen MR) is 112 cm³/mol. The van der Waals surface area contributed by atoms with E-state index in [9.17, 15) is 9.59 Å². The van der Waals surface area contributed by atoms with Crippen LogP contribution in [0.2, 0.25) is 0 Å². The zero-order valence-electron chi connectivity index (χ0n) is 16.6. The maximum absolute atomic E-state index is 12.9. The Hall–Kier alpha value is -2.45. The molecule has 1 heterocycles. The number of rotatable bonds is 11. The summed E-state index contributed by atoms with van der Waals surface area (Å²) in [5.41, 5.74) is 1.27. The number of carbonyl (C=O) groups is 2. The molecule has 1 atom stereocenters. The van der Waals surface area contributed by atoms with Crippen molar-refractivity contribution in [2.75, 3.05) is 32.1 Å². The van der Waals surface area contributed by atoms with Gasteiger partial charge < -0.3 is 20.3 Å². The van der Waals surface area contributed by atoms with Gasteiger partial charge in [-0.3, -0.25) is 9.59 Å². The third-order valence-electron chi connectivity index (χ3n) is 4.23. The number of aromatic nitrogens is 1. The molecule has 1 aromatic heterocycles. The zero-order chi connectivity index (χ0) is 20.4. The molecule has 0 bridgehead atoms. The first kappa shape index (κ1) is 21.8. The van der Waals surface area contributed by atoms with E-state index < -0.39 is 0 Å². The standard InChI is InChI=1S/C20H28N4O3S/c1-4-15(2)21-18(25)10-11-24(12-13-27-3)19(26)17-14-28-20(23-17)22-16-8-6-5-7-9-16/h5-9,14-15H,4,10-13H2,1-3H3,(H,21,25)(H,22,23). The maximum Gasteiger partial charge on any atom is 0.273 e. The normalized spacial score (nSPS) is 11.7. The highest BCUT2D eigenvalue weighted by Gasteiger charge is 2.20. The Morgan fingerprint density at radius 3 is 2.68 bits per heavy atom. The van der Waals surface area contributed by atoms with E-state index in [0.717, 1.165) is 12.1 Å². The smallest absolute Gasteiger partial charge is 0.273 e. The van der Waals surface area contributed by atoms with Crippen LogP contribution < -0.4 is 10.6 Å². The second kappa shape index (κ2) is 11.4. The number of methoxy groups -OCH3 is 1. The first-order valence-electron chi connectivity index (χ1n) is 9.38. The Morgan fingerprint density at radius 1 is 1.25 bits per heavy atom. The number of amides is 2. The van der Waals surface area contributed by atoms with Gasteiger partial charge in [0.05, 0.1) is 6.61 Å². The highest BCUT2D eigenvalue weighted by molar-refractivity contribution is 7.14. The first-order chi connectivity index (χ1) is 13.5. The molecule has 2 aromatic rings. The molecule has 2 rings (SSSR count). The van der Waals surface area contributed by atoms with Gasteiger partial charge in [-0.15, -0.1) is 11.3 Å². The van der Waals surface area contributed by atoms with E-state index in [2.05, 4.69) is 15.6 Å². The van der Waals surface area contributed by atoms with Gasteiger partial charge in [0, 0.05) is 43.7 Å². The van der Waals surface area contributed by atoms with Crippen molar-refractivity contribution in [3.63, 3.8) is 0 Å². The number of benzene rings is 1. The number of nitrogens with zero attached hydrogens (tertiary/aromatic N) is 2. The minimum atomic E-state index is -0.203. The fourth-order valence-electron chi connectivity index (χ4n) is 2.44. The average molecular weight is 405 g/mol. The highest BCUT2D eigenvalue weighted by atomic mass is 32.1. The van der Waals surface area contributed by atoms with Crippen LogP contribution in [0.15, 0.2) is 35.7 Å². The quantitative estimate of drug-likeness (QED) is 0.600. The zero-order valence-corrected chi connectivity index (χ0v) is 17.4. The summed E-state index contributed by atoms with van der Waals surface area (Å²) >= 11 is 1.37. The molecule has 0 spiro atoms. The Balaban J connectivity index is 1.98. The van der Waals surface area contributed by atoms with E-state index >= 15 is 0 Å². The van der Waals surface area contributed by atoms with E-state index in [0.29, 0.717) is 30.5 Å². The number of carbonyl (C=O) groups excluding carboxylic acids is 2. The number of para-hydroxylation sites is 1. The van der Waals surface area contributed by atoms with Gasteiger partial charge in [-0.2, -0.15) is 0 Å². The lowest BCUT2D eigenvalue weighted by molar-refractivity contribution is -0.121. The van der Waals surface area contributed by atoms with Crippen LogP contribution in [0.3, 0.4) is 0 Å². The monoisotopic (exact) mass is 404 g/mol. The Morgan fingerprint density at radius 2 is 2.00 bits per heavy atom. The van der Waals surface area contributed by atoms with Gasteiger partial charge in [0.25, 0.3) is 5.91 Å². The van der Waals surface area contributed by atoms with E-state index in [1.807, 2.05) is 44.2 Å². The molecule has 0 aliphatic rings. The maximum atomic E-state index is 12.9. The molecular weight excluding hydrogens is 376 g/mol. The highest BCUT2D eigenvalue weighted by Crippen LogP contribution is 2.21. The SMILES string of the molecule is CCC(C)NC(=O)CCN(CCOC)C(=O)c1csc(Nc2ccccc2)n1. The molecule has 8 heteroatoms. The van der Waals surface area contributed by atoms with Crippen molar-refractivity contribution >= 4 is 34.0 Å². The van der Waals surface area contributed by atoms with Gasteiger partial charge in [-0.1, -0.05) is 25.1 Å². The number of hydrogen-bond acceptors (Lipinski definition) is 6.